The van der Waals surface area contributed by atoms with Gasteiger partial charge >= 0.3 is 5.97 Å². The maximum absolute atomic E-state index is 12.5. The number of allylic oxidation sites excluding steroid dienone is 1. The van der Waals surface area contributed by atoms with E-state index in [1.165, 1.54) is 18.2 Å². The fourth-order valence-corrected chi connectivity index (χ4v) is 4.16. The summed E-state index contributed by atoms with van der Waals surface area (Å²) in [7, 11) is 1.89. The summed E-state index contributed by atoms with van der Waals surface area (Å²) in [6.07, 6.45) is 1.48. The van der Waals surface area contributed by atoms with Crippen molar-refractivity contribution in [3.63, 3.8) is 0 Å². The van der Waals surface area contributed by atoms with E-state index in [2.05, 4.69) is 0 Å². The molecule has 0 N–H and O–H groups in total. The number of anilines is 1. The van der Waals surface area contributed by atoms with Gasteiger partial charge in [-0.25, -0.2) is 0 Å². The molecule has 0 saturated carbocycles. The number of benzene rings is 2. The third kappa shape index (κ3) is 3.42. The Kier molecular flexibility index (Phi) is 4.97. The van der Waals surface area contributed by atoms with Crippen LogP contribution in [-0.4, -0.2) is 48.7 Å². The van der Waals surface area contributed by atoms with Gasteiger partial charge in [0.05, 0.1) is 11.1 Å². The summed E-state index contributed by atoms with van der Waals surface area (Å²) in [6, 6.07) is 14.3. The Bertz CT molecular complexity index is 1110. The van der Waals surface area contributed by atoms with Crippen molar-refractivity contribution >= 4 is 29.3 Å². The van der Waals surface area contributed by atoms with E-state index in [0.717, 1.165) is 21.8 Å². The minimum atomic E-state index is -0.816. The number of ketones is 1. The molecule has 0 bridgehead atoms. The number of imide groups is 1. The van der Waals surface area contributed by atoms with Crippen LogP contribution in [-0.2, 0) is 19.7 Å². The topological polar surface area (TPSA) is 84.0 Å². The van der Waals surface area contributed by atoms with Gasteiger partial charge in [0.25, 0.3) is 11.8 Å². The van der Waals surface area contributed by atoms with E-state index in [1.54, 1.807) is 12.1 Å². The summed E-state index contributed by atoms with van der Waals surface area (Å²) in [6.45, 7) is 3.06. The standard InChI is InChI=1S/C24H22N2O5/c1-24(2)18-10-6-7-11-19(18)25(3)20(24)12-15(27)14-31-21(28)13-26-22(29)16-8-4-5-9-17(16)23(26)30/h4-12H,13-14H2,1-3H3/b20-12+. The van der Waals surface area contributed by atoms with Crippen LogP contribution in [0.15, 0.2) is 60.3 Å². The summed E-state index contributed by atoms with van der Waals surface area (Å²) in [5, 5.41) is 0. The van der Waals surface area contributed by atoms with Crippen molar-refractivity contribution in [2.24, 2.45) is 0 Å². The summed E-state index contributed by atoms with van der Waals surface area (Å²) in [5.74, 6) is -2.28. The Morgan fingerprint density at radius 3 is 2.16 bits per heavy atom. The number of carbonyl (C=O) groups excluding carboxylic acids is 4. The predicted octanol–water partition coefficient (Wildman–Crippen LogP) is 2.71. The van der Waals surface area contributed by atoms with E-state index in [-0.39, 0.29) is 22.3 Å². The first-order valence-corrected chi connectivity index (χ1v) is 9.91. The molecule has 7 nitrogen and oxygen atoms in total. The molecule has 31 heavy (non-hydrogen) atoms. The van der Waals surface area contributed by atoms with Crippen LogP contribution in [0.25, 0.3) is 0 Å². The molecule has 4 rings (SSSR count). The smallest absolute Gasteiger partial charge is 0.326 e. The Balaban J connectivity index is 1.39. The number of hydrogen-bond acceptors (Lipinski definition) is 6. The highest BCUT2D eigenvalue weighted by atomic mass is 16.5. The lowest BCUT2D eigenvalue weighted by Crippen LogP contribution is -2.36. The van der Waals surface area contributed by atoms with E-state index in [4.69, 9.17) is 4.74 Å². The first-order valence-electron chi connectivity index (χ1n) is 9.91. The molecule has 7 heteroatoms. The van der Waals surface area contributed by atoms with Crippen LogP contribution in [0.4, 0.5) is 5.69 Å². The Morgan fingerprint density at radius 2 is 1.55 bits per heavy atom. The number of amides is 2. The van der Waals surface area contributed by atoms with Crippen molar-refractivity contribution in [1.29, 1.82) is 0 Å². The van der Waals surface area contributed by atoms with E-state index in [1.807, 2.05) is 50.1 Å². The lowest BCUT2D eigenvalue weighted by atomic mass is 9.83. The molecule has 2 aliphatic rings. The van der Waals surface area contributed by atoms with E-state index < -0.39 is 30.9 Å². The van der Waals surface area contributed by atoms with Crippen LogP contribution in [0.5, 0.6) is 0 Å². The molecular formula is C24H22N2O5. The molecule has 2 heterocycles. The van der Waals surface area contributed by atoms with Crippen molar-refractivity contribution in [3.05, 3.63) is 77.0 Å². The van der Waals surface area contributed by atoms with Gasteiger partial charge in [-0.2, -0.15) is 0 Å². The van der Waals surface area contributed by atoms with Gasteiger partial charge in [0.1, 0.15) is 6.54 Å². The van der Waals surface area contributed by atoms with Crippen molar-refractivity contribution < 1.29 is 23.9 Å². The molecule has 0 radical (unpaired) electrons. The molecule has 0 atom stereocenters. The van der Waals surface area contributed by atoms with Crippen molar-refractivity contribution in [2.45, 2.75) is 19.3 Å². The maximum Gasteiger partial charge on any atom is 0.326 e. The van der Waals surface area contributed by atoms with E-state index in [0.29, 0.717) is 0 Å². The zero-order valence-corrected chi connectivity index (χ0v) is 17.5. The first-order chi connectivity index (χ1) is 14.7. The number of esters is 1. The van der Waals surface area contributed by atoms with Gasteiger partial charge in [-0.3, -0.25) is 24.1 Å². The lowest BCUT2D eigenvalue weighted by Gasteiger charge is -2.23. The average Bonchev–Trinajstić information content (AvgIpc) is 3.11. The van der Waals surface area contributed by atoms with Crippen LogP contribution in [0.2, 0.25) is 0 Å². The molecule has 0 fully saturated rings. The predicted molar refractivity (Wildman–Crippen MR) is 114 cm³/mol. The fourth-order valence-electron chi connectivity index (χ4n) is 4.16. The quantitative estimate of drug-likeness (QED) is 0.422. The van der Waals surface area contributed by atoms with E-state index in [9.17, 15) is 19.2 Å². The van der Waals surface area contributed by atoms with Crippen LogP contribution in [0, 0.1) is 0 Å². The molecule has 2 aromatic carbocycles. The summed E-state index contributed by atoms with van der Waals surface area (Å²) >= 11 is 0. The van der Waals surface area contributed by atoms with Crippen LogP contribution < -0.4 is 4.90 Å². The summed E-state index contributed by atoms with van der Waals surface area (Å²) in [4.78, 5) is 52.2. The molecule has 158 valence electrons. The van der Waals surface area contributed by atoms with Gasteiger partial charge in [-0.1, -0.05) is 44.2 Å². The molecule has 0 unspecified atom stereocenters. The zero-order chi connectivity index (χ0) is 22.3. The SMILES string of the molecule is CN1/C(=C/C(=O)COC(=O)CN2C(=O)c3ccccc3C2=O)C(C)(C)c2ccccc21. The van der Waals surface area contributed by atoms with Gasteiger partial charge in [-0.05, 0) is 23.8 Å². The number of likely N-dealkylation sites (N-methyl/N-ethyl adjacent to an activating group) is 1. The highest BCUT2D eigenvalue weighted by Gasteiger charge is 2.39. The minimum Gasteiger partial charge on any atom is -0.456 e. The number of nitrogens with zero attached hydrogens (tertiary/aromatic N) is 2. The number of ether oxygens (including phenoxy) is 1. The second kappa shape index (κ2) is 7.50. The Morgan fingerprint density at radius 1 is 0.968 bits per heavy atom. The van der Waals surface area contributed by atoms with Crippen molar-refractivity contribution in [3.8, 4) is 0 Å². The molecule has 2 amide bonds. The fraction of sp³-hybridized carbons (Fsp3) is 0.250. The maximum atomic E-state index is 12.5. The number of carbonyl (C=O) groups is 4. The highest BCUT2D eigenvalue weighted by molar-refractivity contribution is 6.22. The van der Waals surface area contributed by atoms with Gasteiger partial charge < -0.3 is 9.64 Å². The van der Waals surface area contributed by atoms with Crippen LogP contribution >= 0.6 is 0 Å². The molecule has 0 aliphatic carbocycles. The number of fused-ring (bicyclic) bond motifs is 2. The summed E-state index contributed by atoms with van der Waals surface area (Å²) in [5.41, 5.74) is 3.08. The van der Waals surface area contributed by atoms with Crippen molar-refractivity contribution in [2.75, 3.05) is 25.1 Å². The third-order valence-corrected chi connectivity index (χ3v) is 5.78. The van der Waals surface area contributed by atoms with E-state index >= 15 is 0 Å². The van der Waals surface area contributed by atoms with Crippen LogP contribution in [0.3, 0.4) is 0 Å². The molecule has 0 spiro atoms. The molecule has 2 aromatic rings. The average molecular weight is 418 g/mol. The molecule has 0 saturated heterocycles. The lowest BCUT2D eigenvalue weighted by molar-refractivity contribution is -0.147. The largest absolute Gasteiger partial charge is 0.456 e. The van der Waals surface area contributed by atoms with Gasteiger partial charge in [0.15, 0.2) is 12.4 Å². The number of rotatable bonds is 5. The van der Waals surface area contributed by atoms with Crippen molar-refractivity contribution in [1.82, 2.24) is 4.90 Å². The van der Waals surface area contributed by atoms with Crippen LogP contribution in [0.1, 0.15) is 40.1 Å². The summed E-state index contributed by atoms with van der Waals surface area (Å²) < 4.78 is 5.05. The zero-order valence-electron chi connectivity index (χ0n) is 17.5. The second-order valence-electron chi connectivity index (χ2n) is 8.10. The van der Waals surface area contributed by atoms with Gasteiger partial charge in [0.2, 0.25) is 0 Å². The van der Waals surface area contributed by atoms with Gasteiger partial charge in [-0.15, -0.1) is 0 Å². The molecule has 0 aromatic heterocycles. The Labute approximate surface area is 179 Å². The normalized spacial score (nSPS) is 17.7. The molecular weight excluding hydrogens is 396 g/mol. The second-order valence-corrected chi connectivity index (χ2v) is 8.10. The number of hydrogen-bond donors (Lipinski definition) is 0. The number of para-hydroxylation sites is 1. The highest BCUT2D eigenvalue weighted by Crippen LogP contribution is 2.46. The first kappa shape index (κ1) is 20.5. The third-order valence-electron chi connectivity index (χ3n) is 5.78. The molecule has 2 aliphatic heterocycles. The van der Waals surface area contributed by atoms with Gasteiger partial charge in [0, 0.05) is 29.9 Å². The Hall–Kier alpha value is -3.74. The monoisotopic (exact) mass is 418 g/mol. The minimum absolute atomic E-state index is 0.257.